The molecule has 5 heteroatoms. The van der Waals surface area contributed by atoms with Gasteiger partial charge < -0.3 is 10.2 Å². The normalized spacial score (nSPS) is 21.0. The number of hydrogen-bond acceptors (Lipinski definition) is 4. The Bertz CT molecular complexity index is 360. The van der Waals surface area contributed by atoms with Gasteiger partial charge in [0.15, 0.2) is 0 Å². The minimum Gasteiger partial charge on any atom is -0.310 e. The molecule has 5 nitrogen and oxygen atoms in total. The molecule has 2 rings (SSSR count). The zero-order valence-electron chi connectivity index (χ0n) is 11.8. The highest BCUT2D eigenvalue weighted by molar-refractivity contribution is 4.85. The van der Waals surface area contributed by atoms with E-state index >= 15 is 0 Å². The van der Waals surface area contributed by atoms with Crippen molar-refractivity contribution >= 4 is 0 Å². The van der Waals surface area contributed by atoms with Crippen molar-refractivity contribution in [2.75, 3.05) is 19.6 Å². The average Bonchev–Trinajstić information content (AvgIpc) is 2.97. The van der Waals surface area contributed by atoms with Crippen LogP contribution < -0.4 is 5.32 Å². The Kier molecular flexibility index (Phi) is 4.72. The van der Waals surface area contributed by atoms with Crippen LogP contribution in [0.25, 0.3) is 0 Å². The number of aryl methyl sites for hydroxylation is 1. The molecular formula is C13H25N5. The second-order valence-corrected chi connectivity index (χ2v) is 5.37. The highest BCUT2D eigenvalue weighted by atomic mass is 15.3. The molecule has 0 saturated carbocycles. The Morgan fingerprint density at radius 1 is 1.50 bits per heavy atom. The van der Waals surface area contributed by atoms with Gasteiger partial charge in [0.2, 0.25) is 0 Å². The smallest absolute Gasteiger partial charge is 0.140 e. The van der Waals surface area contributed by atoms with Crippen LogP contribution in [0.5, 0.6) is 0 Å². The maximum absolute atomic E-state index is 4.27. The molecule has 1 aromatic heterocycles. The van der Waals surface area contributed by atoms with E-state index in [1.54, 1.807) is 6.33 Å². The summed E-state index contributed by atoms with van der Waals surface area (Å²) in [5, 5.41) is 7.69. The second kappa shape index (κ2) is 6.29. The summed E-state index contributed by atoms with van der Waals surface area (Å²) >= 11 is 0. The Morgan fingerprint density at radius 3 is 3.00 bits per heavy atom. The minimum absolute atomic E-state index is 0.679. The fourth-order valence-corrected chi connectivity index (χ4v) is 2.58. The molecular weight excluding hydrogens is 226 g/mol. The van der Waals surface area contributed by atoms with Gasteiger partial charge in [-0.15, -0.1) is 0 Å². The van der Waals surface area contributed by atoms with Crippen LogP contribution in [0.15, 0.2) is 6.33 Å². The summed E-state index contributed by atoms with van der Waals surface area (Å²) in [6.45, 7) is 11.9. The first-order chi connectivity index (χ1) is 8.70. The molecule has 1 aromatic rings. The summed E-state index contributed by atoms with van der Waals surface area (Å²) in [4.78, 5) is 6.83. The topological polar surface area (TPSA) is 46.0 Å². The lowest BCUT2D eigenvalue weighted by Gasteiger charge is -2.20. The Morgan fingerprint density at radius 2 is 2.33 bits per heavy atom. The standard InChI is InChI=1S/C13H25N5/c1-4-18-13(15-10-16-18)8-14-7-12-5-6-17(9-12)11(2)3/h10-12,14H,4-9H2,1-3H3. The first kappa shape index (κ1) is 13.5. The largest absolute Gasteiger partial charge is 0.310 e. The SMILES string of the molecule is CCn1ncnc1CNCC1CCN(C(C)C)C1. The first-order valence-electron chi connectivity index (χ1n) is 7.02. The van der Waals surface area contributed by atoms with Gasteiger partial charge in [-0.25, -0.2) is 9.67 Å². The van der Waals surface area contributed by atoms with Gasteiger partial charge in [-0.2, -0.15) is 5.10 Å². The molecule has 1 aliphatic rings. The molecule has 18 heavy (non-hydrogen) atoms. The molecule has 1 fully saturated rings. The molecule has 1 aliphatic heterocycles. The molecule has 0 spiro atoms. The second-order valence-electron chi connectivity index (χ2n) is 5.37. The fraction of sp³-hybridized carbons (Fsp3) is 0.846. The molecule has 102 valence electrons. The molecule has 1 atom stereocenters. The highest BCUT2D eigenvalue weighted by Gasteiger charge is 2.23. The van der Waals surface area contributed by atoms with Crippen LogP contribution in [-0.2, 0) is 13.1 Å². The van der Waals surface area contributed by atoms with E-state index < -0.39 is 0 Å². The Hall–Kier alpha value is -0.940. The lowest BCUT2D eigenvalue weighted by molar-refractivity contribution is 0.263. The summed E-state index contributed by atoms with van der Waals surface area (Å²) in [7, 11) is 0. The number of nitrogens with one attached hydrogen (secondary N) is 1. The number of aromatic nitrogens is 3. The van der Waals surface area contributed by atoms with Crippen LogP contribution in [-0.4, -0.2) is 45.3 Å². The molecule has 0 radical (unpaired) electrons. The maximum atomic E-state index is 4.27. The van der Waals surface area contributed by atoms with E-state index in [0.29, 0.717) is 6.04 Å². The fourth-order valence-electron chi connectivity index (χ4n) is 2.58. The summed E-state index contributed by atoms with van der Waals surface area (Å²) < 4.78 is 1.95. The van der Waals surface area contributed by atoms with Crippen molar-refractivity contribution in [3.8, 4) is 0 Å². The number of hydrogen-bond donors (Lipinski definition) is 1. The van der Waals surface area contributed by atoms with E-state index in [-0.39, 0.29) is 0 Å². The quantitative estimate of drug-likeness (QED) is 0.823. The van der Waals surface area contributed by atoms with Crippen molar-refractivity contribution in [2.45, 2.75) is 46.3 Å². The van der Waals surface area contributed by atoms with Crippen molar-refractivity contribution in [3.63, 3.8) is 0 Å². The third-order valence-electron chi connectivity index (χ3n) is 3.76. The van der Waals surface area contributed by atoms with Crippen molar-refractivity contribution in [3.05, 3.63) is 12.2 Å². The van der Waals surface area contributed by atoms with E-state index in [1.165, 1.54) is 19.5 Å². The minimum atomic E-state index is 0.679. The number of likely N-dealkylation sites (tertiary alicyclic amines) is 1. The third-order valence-corrected chi connectivity index (χ3v) is 3.76. The summed E-state index contributed by atoms with van der Waals surface area (Å²) in [5.41, 5.74) is 0. The van der Waals surface area contributed by atoms with E-state index in [0.717, 1.165) is 31.4 Å². The third kappa shape index (κ3) is 3.29. The van der Waals surface area contributed by atoms with Crippen LogP contribution in [0.1, 0.15) is 33.0 Å². The molecule has 1 saturated heterocycles. The summed E-state index contributed by atoms with van der Waals surface area (Å²) in [5.74, 6) is 1.82. The van der Waals surface area contributed by atoms with Gasteiger partial charge in [-0.05, 0) is 46.2 Å². The van der Waals surface area contributed by atoms with Gasteiger partial charge in [0.25, 0.3) is 0 Å². The molecule has 0 aliphatic carbocycles. The highest BCUT2D eigenvalue weighted by Crippen LogP contribution is 2.17. The summed E-state index contributed by atoms with van der Waals surface area (Å²) in [6, 6.07) is 0.679. The molecule has 1 unspecified atom stereocenters. The van der Waals surface area contributed by atoms with Gasteiger partial charge in [0.1, 0.15) is 12.2 Å². The molecule has 0 aromatic carbocycles. The van der Waals surface area contributed by atoms with Gasteiger partial charge in [0, 0.05) is 19.1 Å². The van der Waals surface area contributed by atoms with Gasteiger partial charge in [-0.1, -0.05) is 0 Å². The van der Waals surface area contributed by atoms with Crippen molar-refractivity contribution < 1.29 is 0 Å². The zero-order valence-corrected chi connectivity index (χ0v) is 11.8. The monoisotopic (exact) mass is 251 g/mol. The number of rotatable bonds is 6. The van der Waals surface area contributed by atoms with Crippen LogP contribution >= 0.6 is 0 Å². The molecule has 2 heterocycles. The average molecular weight is 251 g/mol. The van der Waals surface area contributed by atoms with E-state index in [4.69, 9.17) is 0 Å². The molecule has 1 N–H and O–H groups in total. The van der Waals surface area contributed by atoms with Crippen LogP contribution in [0, 0.1) is 5.92 Å². The lowest BCUT2D eigenvalue weighted by atomic mass is 10.1. The zero-order chi connectivity index (χ0) is 13.0. The first-order valence-corrected chi connectivity index (χ1v) is 7.02. The van der Waals surface area contributed by atoms with Crippen molar-refractivity contribution in [1.29, 1.82) is 0 Å². The van der Waals surface area contributed by atoms with E-state index in [1.807, 2.05) is 4.68 Å². The lowest BCUT2D eigenvalue weighted by Crippen LogP contribution is -2.30. The summed E-state index contributed by atoms with van der Waals surface area (Å²) in [6.07, 6.45) is 2.95. The molecule has 0 bridgehead atoms. The van der Waals surface area contributed by atoms with Crippen molar-refractivity contribution in [1.82, 2.24) is 25.0 Å². The van der Waals surface area contributed by atoms with Gasteiger partial charge in [0.05, 0.1) is 6.54 Å². The van der Waals surface area contributed by atoms with Crippen LogP contribution in [0.4, 0.5) is 0 Å². The number of nitrogens with zero attached hydrogens (tertiary/aromatic N) is 4. The van der Waals surface area contributed by atoms with E-state index in [9.17, 15) is 0 Å². The van der Waals surface area contributed by atoms with Gasteiger partial charge in [-0.3, -0.25) is 0 Å². The molecule has 0 amide bonds. The Balaban J connectivity index is 1.70. The predicted octanol–water partition coefficient (Wildman–Crippen LogP) is 1.12. The van der Waals surface area contributed by atoms with Crippen LogP contribution in [0.2, 0.25) is 0 Å². The maximum Gasteiger partial charge on any atom is 0.140 e. The van der Waals surface area contributed by atoms with E-state index in [2.05, 4.69) is 41.1 Å². The van der Waals surface area contributed by atoms with Gasteiger partial charge >= 0.3 is 0 Å². The van der Waals surface area contributed by atoms with Crippen LogP contribution in [0.3, 0.4) is 0 Å². The Labute approximate surface area is 110 Å². The van der Waals surface area contributed by atoms with Crippen molar-refractivity contribution in [2.24, 2.45) is 5.92 Å². The predicted molar refractivity (Wildman–Crippen MR) is 72.2 cm³/mol.